The van der Waals surface area contributed by atoms with Gasteiger partial charge in [-0.25, -0.2) is 14.4 Å². The van der Waals surface area contributed by atoms with Gasteiger partial charge in [-0.1, -0.05) is 23.8 Å². The van der Waals surface area contributed by atoms with E-state index in [4.69, 9.17) is 4.74 Å². The summed E-state index contributed by atoms with van der Waals surface area (Å²) in [6.45, 7) is 9.26. The predicted molar refractivity (Wildman–Crippen MR) is 149 cm³/mol. The van der Waals surface area contributed by atoms with Crippen LogP contribution in [0.4, 0.5) is 10.3 Å². The van der Waals surface area contributed by atoms with Crippen molar-refractivity contribution in [1.82, 2.24) is 24.2 Å². The Balaban J connectivity index is 1.46. The molecule has 9 nitrogen and oxygen atoms in total. The maximum absolute atomic E-state index is 13.7. The first-order chi connectivity index (χ1) is 18.6. The number of aryl methyl sites for hydroxylation is 1. The summed E-state index contributed by atoms with van der Waals surface area (Å²) in [5, 5.41) is 0.588. The van der Waals surface area contributed by atoms with E-state index >= 15 is 0 Å². The smallest absolute Gasteiger partial charge is 0.274 e. The molecule has 0 N–H and O–H groups in total. The van der Waals surface area contributed by atoms with Crippen LogP contribution in [0.1, 0.15) is 31.9 Å². The zero-order valence-electron chi connectivity index (χ0n) is 22.9. The topological polar surface area (TPSA) is 85.5 Å². The number of carbonyl (C=O) groups excluding carboxylic acids is 1. The maximum atomic E-state index is 13.7. The van der Waals surface area contributed by atoms with Gasteiger partial charge in [-0.3, -0.25) is 19.0 Å². The number of aromatic nitrogens is 4. The Labute approximate surface area is 226 Å². The third-order valence-electron chi connectivity index (χ3n) is 7.29. The van der Waals surface area contributed by atoms with E-state index in [0.717, 1.165) is 27.8 Å². The molecule has 2 aromatic carbocycles. The minimum absolute atomic E-state index is 0.0793. The summed E-state index contributed by atoms with van der Waals surface area (Å²) in [6, 6.07) is 11.4. The summed E-state index contributed by atoms with van der Waals surface area (Å²) < 4.78 is 22.5. The van der Waals surface area contributed by atoms with Crippen molar-refractivity contribution >= 4 is 22.8 Å². The summed E-state index contributed by atoms with van der Waals surface area (Å²) in [5.74, 6) is 1.15. The molecular weight excluding hydrogens is 499 g/mol. The predicted octanol–water partition coefficient (Wildman–Crippen LogP) is 3.91. The fourth-order valence-electron chi connectivity index (χ4n) is 5.18. The molecule has 4 aromatic rings. The number of carbonyl (C=O) groups is 1. The molecule has 3 heterocycles. The minimum Gasteiger partial charge on any atom is -0.460 e. The van der Waals surface area contributed by atoms with E-state index in [2.05, 4.69) is 21.8 Å². The summed E-state index contributed by atoms with van der Waals surface area (Å²) in [5.41, 5.74) is 4.13. The number of nitrogens with zero attached hydrogens (tertiary/aromatic N) is 6. The molecule has 0 spiro atoms. The van der Waals surface area contributed by atoms with Gasteiger partial charge in [0.2, 0.25) is 18.2 Å². The Kier molecular flexibility index (Phi) is 7.12. The molecule has 5 rings (SSSR count). The highest BCUT2D eigenvalue weighted by Gasteiger charge is 2.26. The molecule has 2 atom stereocenters. The molecule has 0 saturated carbocycles. The highest BCUT2D eigenvalue weighted by molar-refractivity contribution is 5.84. The average Bonchev–Trinajstić information content (AvgIpc) is 3.14. The van der Waals surface area contributed by atoms with E-state index in [0.29, 0.717) is 43.3 Å². The normalized spacial score (nSPS) is 16.5. The second-order valence-corrected chi connectivity index (χ2v) is 10.2. The second-order valence-electron chi connectivity index (χ2n) is 10.2. The van der Waals surface area contributed by atoms with Crippen molar-refractivity contribution in [3.8, 4) is 16.9 Å². The Morgan fingerprint density at radius 3 is 2.54 bits per heavy atom. The molecule has 204 valence electrons. The highest BCUT2D eigenvalue weighted by Crippen LogP contribution is 2.27. The molecule has 1 unspecified atom stereocenters. The van der Waals surface area contributed by atoms with Gasteiger partial charge in [-0.15, -0.1) is 0 Å². The molecular formula is C29H33FN6O3. The Hall–Kier alpha value is -4.21. The van der Waals surface area contributed by atoms with Crippen molar-refractivity contribution in [3.63, 3.8) is 0 Å². The monoisotopic (exact) mass is 532 g/mol. The maximum Gasteiger partial charge on any atom is 0.274 e. The number of benzene rings is 2. The highest BCUT2D eigenvalue weighted by atomic mass is 19.1. The van der Waals surface area contributed by atoms with Gasteiger partial charge in [0.25, 0.3) is 5.56 Å². The number of rotatable bonds is 6. The quantitative estimate of drug-likeness (QED) is 0.375. The molecule has 1 saturated heterocycles. The van der Waals surface area contributed by atoms with E-state index in [1.165, 1.54) is 6.92 Å². The van der Waals surface area contributed by atoms with E-state index in [1.807, 2.05) is 46.8 Å². The van der Waals surface area contributed by atoms with Crippen molar-refractivity contribution in [2.45, 2.75) is 46.6 Å². The number of hydrogen-bond donors (Lipinski definition) is 0. The molecule has 2 aromatic heterocycles. The first-order valence-electron chi connectivity index (χ1n) is 13.1. The molecule has 0 bridgehead atoms. The Morgan fingerprint density at radius 2 is 1.87 bits per heavy atom. The third-order valence-corrected chi connectivity index (χ3v) is 7.29. The lowest BCUT2D eigenvalue weighted by molar-refractivity contribution is -0.129. The SMILES string of the molecule is CC(=O)N1CCN(c2ncc(-c3ccc4c(=O)n(C)n(Cc5cc(C)ccc5OC(C)F)c4c3)cn2)[C@@H](C)C1. The molecule has 0 aliphatic carbocycles. The van der Waals surface area contributed by atoms with E-state index in [1.54, 1.807) is 37.1 Å². The zero-order valence-corrected chi connectivity index (χ0v) is 22.9. The minimum atomic E-state index is -1.45. The van der Waals surface area contributed by atoms with Gasteiger partial charge in [0, 0.05) is 70.1 Å². The Bertz CT molecular complexity index is 1580. The van der Waals surface area contributed by atoms with Crippen molar-refractivity contribution in [2.75, 3.05) is 24.5 Å². The van der Waals surface area contributed by atoms with Gasteiger partial charge in [-0.05, 0) is 37.6 Å². The lowest BCUT2D eigenvalue weighted by Gasteiger charge is -2.39. The van der Waals surface area contributed by atoms with Crippen LogP contribution in [-0.4, -0.2) is 62.2 Å². The largest absolute Gasteiger partial charge is 0.460 e. The fourth-order valence-corrected chi connectivity index (χ4v) is 5.18. The van der Waals surface area contributed by atoms with Gasteiger partial charge in [-0.2, -0.15) is 0 Å². The first kappa shape index (κ1) is 26.4. The molecule has 39 heavy (non-hydrogen) atoms. The fraction of sp³-hybridized carbons (Fsp3) is 0.379. The van der Waals surface area contributed by atoms with Crippen molar-refractivity contribution in [2.24, 2.45) is 7.05 Å². The summed E-state index contributed by atoms with van der Waals surface area (Å²) in [6.07, 6.45) is 2.12. The molecule has 0 radical (unpaired) electrons. The second kappa shape index (κ2) is 10.5. The van der Waals surface area contributed by atoms with Crippen LogP contribution >= 0.6 is 0 Å². The number of ether oxygens (including phenoxy) is 1. The van der Waals surface area contributed by atoms with Gasteiger partial charge >= 0.3 is 0 Å². The lowest BCUT2D eigenvalue weighted by atomic mass is 10.1. The Morgan fingerprint density at radius 1 is 1.13 bits per heavy atom. The number of amides is 1. The first-order valence-corrected chi connectivity index (χ1v) is 13.1. The van der Waals surface area contributed by atoms with Crippen LogP contribution < -0.4 is 15.2 Å². The standard InChI is InChI=1S/C29H33FN6O3/c1-18-6-9-27(39-20(3)30)23(12-18)17-36-26-13-22(7-8-25(26)28(38)33(36)5)24-14-31-29(32-15-24)35-11-10-34(21(4)37)16-19(35)2/h6-9,12-15,19-20H,10-11,16-17H2,1-5H3/t19-,20?/m0/s1. The van der Waals surface area contributed by atoms with E-state index in [-0.39, 0.29) is 17.5 Å². The van der Waals surface area contributed by atoms with Crippen LogP contribution in [0.2, 0.25) is 0 Å². The van der Waals surface area contributed by atoms with Gasteiger partial charge in [0.15, 0.2) is 0 Å². The van der Waals surface area contributed by atoms with Crippen LogP contribution in [0, 0.1) is 6.92 Å². The number of anilines is 1. The third kappa shape index (κ3) is 5.23. The number of fused-ring (bicyclic) bond motifs is 1. The van der Waals surface area contributed by atoms with Crippen molar-refractivity contribution in [3.05, 3.63) is 70.3 Å². The number of piperazine rings is 1. The molecule has 1 amide bonds. The van der Waals surface area contributed by atoms with Crippen LogP contribution in [0.5, 0.6) is 5.75 Å². The number of alkyl halides is 1. The summed E-state index contributed by atoms with van der Waals surface area (Å²) in [7, 11) is 1.72. The van der Waals surface area contributed by atoms with E-state index < -0.39 is 6.36 Å². The van der Waals surface area contributed by atoms with Crippen LogP contribution in [0.25, 0.3) is 22.0 Å². The molecule has 1 fully saturated rings. The van der Waals surface area contributed by atoms with E-state index in [9.17, 15) is 14.0 Å². The van der Waals surface area contributed by atoms with Crippen LogP contribution in [0.15, 0.2) is 53.6 Å². The summed E-state index contributed by atoms with van der Waals surface area (Å²) in [4.78, 5) is 38.0. The van der Waals surface area contributed by atoms with Gasteiger partial charge in [0.05, 0.1) is 17.4 Å². The van der Waals surface area contributed by atoms with Gasteiger partial charge in [0.1, 0.15) is 5.75 Å². The number of halogens is 1. The van der Waals surface area contributed by atoms with Crippen molar-refractivity contribution < 1.29 is 13.9 Å². The van der Waals surface area contributed by atoms with Crippen molar-refractivity contribution in [1.29, 1.82) is 0 Å². The number of hydrogen-bond acceptors (Lipinski definition) is 6. The molecule has 1 aliphatic heterocycles. The lowest BCUT2D eigenvalue weighted by Crippen LogP contribution is -2.53. The zero-order chi connectivity index (χ0) is 27.8. The van der Waals surface area contributed by atoms with Crippen LogP contribution in [-0.2, 0) is 18.4 Å². The molecule has 10 heteroatoms. The summed E-state index contributed by atoms with van der Waals surface area (Å²) >= 11 is 0. The van der Waals surface area contributed by atoms with Gasteiger partial charge < -0.3 is 14.5 Å². The average molecular weight is 533 g/mol. The molecule has 1 aliphatic rings. The van der Waals surface area contributed by atoms with Crippen LogP contribution in [0.3, 0.4) is 0 Å².